The Balaban J connectivity index is 1.99. The predicted octanol–water partition coefficient (Wildman–Crippen LogP) is 2.98. The summed E-state index contributed by atoms with van der Waals surface area (Å²) in [6.45, 7) is 7.82. The van der Waals surface area contributed by atoms with Crippen LogP contribution in [0.1, 0.15) is 44.0 Å². The molecular formula is C19H28FN5O2. The van der Waals surface area contributed by atoms with Crippen LogP contribution in [0, 0.1) is 5.82 Å². The number of nitrogens with zero attached hydrogens (tertiary/aromatic N) is 4. The molecule has 1 aromatic carbocycles. The smallest absolute Gasteiger partial charge is 0.228 e. The maximum absolute atomic E-state index is 13.9. The monoisotopic (exact) mass is 377 g/mol. The summed E-state index contributed by atoms with van der Waals surface area (Å²) in [6, 6.07) is 4.95. The second kappa shape index (κ2) is 9.89. The van der Waals surface area contributed by atoms with Gasteiger partial charge < -0.3 is 19.5 Å². The van der Waals surface area contributed by atoms with E-state index in [1.54, 1.807) is 6.07 Å². The second-order valence-electron chi connectivity index (χ2n) is 6.51. The Morgan fingerprint density at radius 1 is 1.41 bits per heavy atom. The Labute approximate surface area is 159 Å². The van der Waals surface area contributed by atoms with Gasteiger partial charge in [0.25, 0.3) is 0 Å². The Hall–Kier alpha value is -2.64. The number of aromatic nitrogens is 2. The van der Waals surface area contributed by atoms with Crippen molar-refractivity contribution < 1.29 is 13.7 Å². The molecule has 0 radical (unpaired) electrons. The van der Waals surface area contributed by atoms with E-state index in [9.17, 15) is 4.39 Å². The zero-order chi connectivity index (χ0) is 19.8. The molecule has 0 aliphatic heterocycles. The van der Waals surface area contributed by atoms with Gasteiger partial charge in [-0.05, 0) is 24.6 Å². The lowest BCUT2D eigenvalue weighted by Crippen LogP contribution is -2.38. The molecule has 0 amide bonds. The van der Waals surface area contributed by atoms with Gasteiger partial charge in [0.05, 0.1) is 13.7 Å². The fraction of sp³-hybridized carbons (Fsp3) is 0.526. The van der Waals surface area contributed by atoms with E-state index in [2.05, 4.69) is 20.4 Å². The molecule has 1 aromatic heterocycles. The largest absolute Gasteiger partial charge is 0.494 e. The first-order chi connectivity index (χ1) is 12.9. The van der Waals surface area contributed by atoms with Crippen molar-refractivity contribution >= 4 is 5.96 Å². The first-order valence-electron chi connectivity index (χ1n) is 9.08. The van der Waals surface area contributed by atoms with Crippen LogP contribution in [0.4, 0.5) is 4.39 Å². The van der Waals surface area contributed by atoms with E-state index in [4.69, 9.17) is 9.26 Å². The van der Waals surface area contributed by atoms with Gasteiger partial charge in [0, 0.05) is 32.5 Å². The lowest BCUT2D eigenvalue weighted by atomic mass is 10.2. The van der Waals surface area contributed by atoms with Crippen molar-refractivity contribution in [2.75, 3.05) is 27.2 Å². The van der Waals surface area contributed by atoms with Crippen LogP contribution >= 0.6 is 0 Å². The Kier molecular flexibility index (Phi) is 7.57. The lowest BCUT2D eigenvalue weighted by molar-refractivity contribution is 0.372. The number of halogens is 1. The van der Waals surface area contributed by atoms with Crippen LogP contribution in [-0.2, 0) is 13.0 Å². The minimum atomic E-state index is -0.373. The number of hydrogen-bond acceptors (Lipinski definition) is 5. The summed E-state index contributed by atoms with van der Waals surface area (Å²) in [6.07, 6.45) is 0.569. The molecule has 0 aliphatic rings. The third-order valence-electron chi connectivity index (χ3n) is 3.92. The van der Waals surface area contributed by atoms with Crippen molar-refractivity contribution in [2.45, 2.75) is 39.7 Å². The number of benzene rings is 1. The summed E-state index contributed by atoms with van der Waals surface area (Å²) < 4.78 is 24.1. The summed E-state index contributed by atoms with van der Waals surface area (Å²) >= 11 is 0. The fourth-order valence-electron chi connectivity index (χ4n) is 2.49. The molecular weight excluding hydrogens is 349 g/mol. The average Bonchev–Trinajstić information content (AvgIpc) is 3.10. The summed E-state index contributed by atoms with van der Waals surface area (Å²) in [5, 5.41) is 7.20. The molecule has 7 nitrogen and oxygen atoms in total. The molecule has 0 atom stereocenters. The highest BCUT2D eigenvalue weighted by molar-refractivity contribution is 5.79. The maximum atomic E-state index is 13.9. The van der Waals surface area contributed by atoms with Crippen LogP contribution in [0.2, 0.25) is 0 Å². The van der Waals surface area contributed by atoms with E-state index in [-0.39, 0.29) is 17.5 Å². The molecule has 0 bridgehead atoms. The third-order valence-corrected chi connectivity index (χ3v) is 3.92. The van der Waals surface area contributed by atoms with Crippen LogP contribution in [0.5, 0.6) is 5.75 Å². The summed E-state index contributed by atoms with van der Waals surface area (Å²) in [7, 11) is 3.36. The van der Waals surface area contributed by atoms with Gasteiger partial charge in [-0.2, -0.15) is 4.98 Å². The predicted molar refractivity (Wildman–Crippen MR) is 102 cm³/mol. The van der Waals surface area contributed by atoms with E-state index in [0.29, 0.717) is 31.2 Å². The van der Waals surface area contributed by atoms with Gasteiger partial charge in [0.2, 0.25) is 5.89 Å². The van der Waals surface area contributed by atoms with Gasteiger partial charge >= 0.3 is 0 Å². The number of nitrogens with one attached hydrogen (secondary N) is 1. The molecule has 1 heterocycles. The zero-order valence-corrected chi connectivity index (χ0v) is 16.6. The molecule has 0 fully saturated rings. The van der Waals surface area contributed by atoms with Crippen LogP contribution in [0.25, 0.3) is 0 Å². The Morgan fingerprint density at radius 3 is 2.78 bits per heavy atom. The molecule has 148 valence electrons. The molecule has 1 N–H and O–H groups in total. The highest BCUT2D eigenvalue weighted by Gasteiger charge is 2.11. The van der Waals surface area contributed by atoms with Crippen LogP contribution in [0.3, 0.4) is 0 Å². The number of hydrogen-bond donors (Lipinski definition) is 1. The number of rotatable bonds is 8. The molecule has 27 heavy (non-hydrogen) atoms. The van der Waals surface area contributed by atoms with E-state index in [1.165, 1.54) is 13.2 Å². The standard InChI is InChI=1S/C19H28FN5O2/c1-6-21-19(22-10-9-17-23-18(13(2)3)24-27-17)25(4)12-14-7-8-16(26-5)15(20)11-14/h7-8,11,13H,6,9-10,12H2,1-5H3,(H,21,22). The number of methoxy groups -OCH3 is 1. The summed E-state index contributed by atoms with van der Waals surface area (Å²) in [5.41, 5.74) is 0.833. The van der Waals surface area contributed by atoms with Crippen molar-refractivity contribution in [3.8, 4) is 5.75 Å². The van der Waals surface area contributed by atoms with E-state index in [0.717, 1.165) is 18.1 Å². The zero-order valence-electron chi connectivity index (χ0n) is 16.6. The van der Waals surface area contributed by atoms with Gasteiger partial charge in [-0.3, -0.25) is 4.99 Å². The molecule has 0 unspecified atom stereocenters. The molecule has 0 saturated heterocycles. The van der Waals surface area contributed by atoms with Gasteiger partial charge in [-0.15, -0.1) is 0 Å². The quantitative estimate of drug-likeness (QED) is 0.563. The Morgan fingerprint density at radius 2 is 2.19 bits per heavy atom. The number of aliphatic imine (C=N–C) groups is 1. The molecule has 8 heteroatoms. The van der Waals surface area contributed by atoms with Crippen LogP contribution in [0.15, 0.2) is 27.7 Å². The van der Waals surface area contributed by atoms with Gasteiger partial charge in [0.15, 0.2) is 23.4 Å². The maximum Gasteiger partial charge on any atom is 0.228 e. The summed E-state index contributed by atoms with van der Waals surface area (Å²) in [4.78, 5) is 10.9. The normalized spacial score (nSPS) is 11.7. The minimum absolute atomic E-state index is 0.236. The van der Waals surface area contributed by atoms with Crippen LogP contribution < -0.4 is 10.1 Å². The average molecular weight is 377 g/mol. The van der Waals surface area contributed by atoms with Crippen molar-refractivity contribution in [2.24, 2.45) is 4.99 Å². The fourth-order valence-corrected chi connectivity index (χ4v) is 2.49. The first kappa shape index (κ1) is 20.7. The second-order valence-corrected chi connectivity index (χ2v) is 6.51. The lowest BCUT2D eigenvalue weighted by Gasteiger charge is -2.22. The molecule has 0 saturated carbocycles. The molecule has 2 rings (SSSR count). The summed E-state index contributed by atoms with van der Waals surface area (Å²) in [5.74, 6) is 2.12. The minimum Gasteiger partial charge on any atom is -0.494 e. The molecule has 2 aromatic rings. The van der Waals surface area contributed by atoms with Gasteiger partial charge in [-0.25, -0.2) is 4.39 Å². The van der Waals surface area contributed by atoms with E-state index in [1.807, 2.05) is 38.8 Å². The van der Waals surface area contributed by atoms with Crippen molar-refractivity contribution in [3.05, 3.63) is 41.3 Å². The highest BCUT2D eigenvalue weighted by atomic mass is 19.1. The first-order valence-corrected chi connectivity index (χ1v) is 9.08. The van der Waals surface area contributed by atoms with E-state index < -0.39 is 0 Å². The van der Waals surface area contributed by atoms with Gasteiger partial charge in [-0.1, -0.05) is 25.1 Å². The van der Waals surface area contributed by atoms with Crippen LogP contribution in [-0.4, -0.2) is 48.2 Å². The highest BCUT2D eigenvalue weighted by Crippen LogP contribution is 2.18. The third kappa shape index (κ3) is 5.94. The Bertz CT molecular complexity index is 760. The SMILES string of the molecule is CCNC(=NCCc1nc(C(C)C)no1)N(C)Cc1ccc(OC)c(F)c1. The topological polar surface area (TPSA) is 75.8 Å². The van der Waals surface area contributed by atoms with Crippen molar-refractivity contribution in [1.29, 1.82) is 0 Å². The van der Waals surface area contributed by atoms with E-state index >= 15 is 0 Å². The molecule has 0 aliphatic carbocycles. The van der Waals surface area contributed by atoms with Gasteiger partial charge in [0.1, 0.15) is 0 Å². The number of guanidine groups is 1. The molecule has 0 spiro atoms. The van der Waals surface area contributed by atoms with Crippen molar-refractivity contribution in [3.63, 3.8) is 0 Å². The number of ether oxygens (including phenoxy) is 1. The van der Waals surface area contributed by atoms with Crippen molar-refractivity contribution in [1.82, 2.24) is 20.4 Å².